The van der Waals surface area contributed by atoms with Crippen LogP contribution in [0.1, 0.15) is 24.8 Å². The lowest BCUT2D eigenvalue weighted by molar-refractivity contribution is 0.217. The van der Waals surface area contributed by atoms with Crippen LogP contribution >= 0.6 is 0 Å². The van der Waals surface area contributed by atoms with Crippen LogP contribution in [0.25, 0.3) is 0 Å². The molecule has 1 atom stereocenters. The first-order valence-electron chi connectivity index (χ1n) is 7.21. The number of nitrogens with one attached hydrogen (secondary N) is 1. The quantitative estimate of drug-likeness (QED) is 0.867. The molecule has 4 heteroatoms. The van der Waals surface area contributed by atoms with Crippen LogP contribution in [0.2, 0.25) is 0 Å². The van der Waals surface area contributed by atoms with E-state index in [4.69, 9.17) is 4.74 Å². The molecule has 2 heterocycles. The fourth-order valence-electron chi connectivity index (χ4n) is 2.15. The number of halogens is 1. The summed E-state index contributed by atoms with van der Waals surface area (Å²) in [6.07, 6.45) is 9.47. The molecule has 3 rings (SSSR count). The Morgan fingerprint density at radius 1 is 1.29 bits per heavy atom. The van der Waals surface area contributed by atoms with Gasteiger partial charge >= 0.3 is 0 Å². The summed E-state index contributed by atoms with van der Waals surface area (Å²) in [5, 5.41) is 3.27. The Kier molecular flexibility index (Phi) is 4.32. The molecule has 1 aromatic rings. The van der Waals surface area contributed by atoms with Crippen molar-refractivity contribution in [3.05, 3.63) is 47.6 Å². The van der Waals surface area contributed by atoms with Gasteiger partial charge in [0.2, 0.25) is 0 Å². The first-order valence-corrected chi connectivity index (χ1v) is 7.21. The molecular weight excluding hydrogens is 267 g/mol. The Hall–Kier alpha value is -2.12. The van der Waals surface area contributed by atoms with Crippen molar-refractivity contribution >= 4 is 0 Å². The lowest BCUT2D eigenvalue weighted by Crippen LogP contribution is -2.46. The third kappa shape index (κ3) is 3.71. The van der Waals surface area contributed by atoms with Crippen molar-refractivity contribution in [1.29, 1.82) is 0 Å². The number of ether oxygens (including phenoxy) is 1. The van der Waals surface area contributed by atoms with Crippen molar-refractivity contribution in [3.8, 4) is 17.6 Å². The molecule has 1 N–H and O–H groups in total. The normalized spacial score (nSPS) is 20.5. The van der Waals surface area contributed by atoms with Gasteiger partial charge in [-0.05, 0) is 37.9 Å². The zero-order valence-corrected chi connectivity index (χ0v) is 11.7. The second kappa shape index (κ2) is 6.55. The number of nitrogens with zero attached hydrogens (tertiary/aromatic N) is 1. The largest absolute Gasteiger partial charge is 0.490 e. The van der Waals surface area contributed by atoms with E-state index in [1.165, 1.54) is 0 Å². The van der Waals surface area contributed by atoms with Gasteiger partial charge in [-0.1, -0.05) is 17.9 Å². The molecule has 0 amide bonds. The second-order valence-corrected chi connectivity index (χ2v) is 5.16. The fraction of sp³-hybridized carbons (Fsp3) is 0.353. The van der Waals surface area contributed by atoms with E-state index in [9.17, 15) is 4.39 Å². The van der Waals surface area contributed by atoms with Crippen LogP contribution in [0.3, 0.4) is 0 Å². The molecular formula is C17H17FN2O. The molecule has 1 saturated heterocycles. The average Bonchev–Trinajstić information content (AvgIpc) is 2.45. The second-order valence-electron chi connectivity index (χ2n) is 5.16. The number of allylic oxidation sites excluding steroid dienone is 4. The van der Waals surface area contributed by atoms with E-state index < -0.39 is 0 Å². The maximum Gasteiger partial charge on any atom is 0.138 e. The predicted octanol–water partition coefficient (Wildman–Crippen LogP) is 2.75. The molecule has 108 valence electrons. The van der Waals surface area contributed by atoms with Crippen LogP contribution < -0.4 is 10.1 Å². The highest BCUT2D eigenvalue weighted by molar-refractivity contribution is 5.48. The summed E-state index contributed by atoms with van der Waals surface area (Å²) in [6.45, 7) is 1.70. The van der Waals surface area contributed by atoms with Gasteiger partial charge in [0.15, 0.2) is 0 Å². The van der Waals surface area contributed by atoms with Crippen LogP contribution in [0, 0.1) is 11.8 Å². The molecule has 0 aromatic carbocycles. The first-order chi connectivity index (χ1) is 10.3. The topological polar surface area (TPSA) is 34.1 Å². The molecule has 1 aliphatic carbocycles. The van der Waals surface area contributed by atoms with Gasteiger partial charge < -0.3 is 10.1 Å². The molecule has 3 nitrogen and oxygen atoms in total. The smallest absolute Gasteiger partial charge is 0.138 e. The standard InChI is InChI=1S/C17H17FN2O/c18-17-4-2-1-3-14(17)6-5-13-9-16(11-19-10-13)21-12-15-7-8-20-15/h3-4,9-11,15,20H,1-2,7-8,12H2. The monoisotopic (exact) mass is 284 g/mol. The Labute approximate surface area is 123 Å². The summed E-state index contributed by atoms with van der Waals surface area (Å²) in [7, 11) is 0. The Bertz CT molecular complexity index is 636. The molecule has 1 aromatic heterocycles. The molecule has 1 aliphatic heterocycles. The molecule has 0 saturated carbocycles. The lowest BCUT2D eigenvalue weighted by atomic mass is 10.1. The fourth-order valence-corrected chi connectivity index (χ4v) is 2.15. The minimum absolute atomic E-state index is 0.231. The zero-order chi connectivity index (χ0) is 14.5. The summed E-state index contributed by atoms with van der Waals surface area (Å²) in [5.41, 5.74) is 1.19. The van der Waals surface area contributed by atoms with Crippen molar-refractivity contribution < 1.29 is 9.13 Å². The summed E-state index contributed by atoms with van der Waals surface area (Å²) in [4.78, 5) is 4.11. The van der Waals surface area contributed by atoms with Crippen molar-refractivity contribution in [2.24, 2.45) is 0 Å². The number of hydrogen-bond acceptors (Lipinski definition) is 3. The average molecular weight is 284 g/mol. The third-order valence-electron chi connectivity index (χ3n) is 3.53. The summed E-state index contributed by atoms with van der Waals surface area (Å²) in [6, 6.07) is 2.27. The Morgan fingerprint density at radius 3 is 2.90 bits per heavy atom. The molecule has 1 fully saturated rings. The summed E-state index contributed by atoms with van der Waals surface area (Å²) >= 11 is 0. The van der Waals surface area contributed by atoms with E-state index >= 15 is 0 Å². The van der Waals surface area contributed by atoms with Gasteiger partial charge in [-0.15, -0.1) is 0 Å². The van der Waals surface area contributed by atoms with Crippen LogP contribution in [-0.4, -0.2) is 24.2 Å². The summed E-state index contributed by atoms with van der Waals surface area (Å²) in [5.74, 6) is 6.27. The molecule has 0 bridgehead atoms. The zero-order valence-electron chi connectivity index (χ0n) is 11.7. The SMILES string of the molecule is FC1=CCCC=C1C#Cc1cncc(OCC2CCN2)c1. The third-order valence-corrected chi connectivity index (χ3v) is 3.53. The van der Waals surface area contributed by atoms with Crippen molar-refractivity contribution in [2.75, 3.05) is 13.2 Å². The van der Waals surface area contributed by atoms with Crippen molar-refractivity contribution in [1.82, 2.24) is 10.3 Å². The van der Waals surface area contributed by atoms with Crippen molar-refractivity contribution in [2.45, 2.75) is 25.3 Å². The van der Waals surface area contributed by atoms with E-state index in [0.29, 0.717) is 24.0 Å². The lowest BCUT2D eigenvalue weighted by Gasteiger charge is -2.27. The van der Waals surface area contributed by atoms with Gasteiger partial charge in [-0.2, -0.15) is 0 Å². The number of aromatic nitrogens is 1. The molecule has 0 radical (unpaired) electrons. The van der Waals surface area contributed by atoms with Crippen LogP contribution in [-0.2, 0) is 0 Å². The Balaban J connectivity index is 1.65. The predicted molar refractivity (Wildman–Crippen MR) is 79.5 cm³/mol. The number of pyridine rings is 1. The highest BCUT2D eigenvalue weighted by Crippen LogP contribution is 2.19. The molecule has 2 aliphatic rings. The highest BCUT2D eigenvalue weighted by Gasteiger charge is 2.16. The maximum absolute atomic E-state index is 13.5. The van der Waals surface area contributed by atoms with Gasteiger partial charge in [-0.3, -0.25) is 4.98 Å². The maximum atomic E-state index is 13.5. The van der Waals surface area contributed by atoms with E-state index in [0.717, 1.165) is 31.4 Å². The molecule has 21 heavy (non-hydrogen) atoms. The van der Waals surface area contributed by atoms with Gasteiger partial charge in [0.05, 0.1) is 11.8 Å². The van der Waals surface area contributed by atoms with Gasteiger partial charge in [-0.25, -0.2) is 4.39 Å². The van der Waals surface area contributed by atoms with Crippen molar-refractivity contribution in [3.63, 3.8) is 0 Å². The molecule has 0 spiro atoms. The summed E-state index contributed by atoms with van der Waals surface area (Å²) < 4.78 is 19.2. The van der Waals surface area contributed by atoms with E-state index in [-0.39, 0.29) is 5.83 Å². The van der Waals surface area contributed by atoms with E-state index in [2.05, 4.69) is 22.1 Å². The van der Waals surface area contributed by atoms with Crippen LogP contribution in [0.5, 0.6) is 5.75 Å². The number of hydrogen-bond donors (Lipinski definition) is 1. The van der Waals surface area contributed by atoms with E-state index in [1.807, 2.05) is 12.1 Å². The van der Waals surface area contributed by atoms with Gasteiger partial charge in [0, 0.05) is 17.8 Å². The van der Waals surface area contributed by atoms with Crippen LogP contribution in [0.4, 0.5) is 4.39 Å². The van der Waals surface area contributed by atoms with Gasteiger partial charge in [0.25, 0.3) is 0 Å². The molecule has 1 unspecified atom stereocenters. The highest BCUT2D eigenvalue weighted by atomic mass is 19.1. The minimum atomic E-state index is -0.231. The van der Waals surface area contributed by atoms with Gasteiger partial charge in [0.1, 0.15) is 18.2 Å². The minimum Gasteiger partial charge on any atom is -0.490 e. The first kappa shape index (κ1) is 13.8. The Morgan fingerprint density at radius 2 is 2.14 bits per heavy atom. The van der Waals surface area contributed by atoms with E-state index in [1.54, 1.807) is 18.5 Å². The number of rotatable bonds is 3. The van der Waals surface area contributed by atoms with Crippen LogP contribution in [0.15, 0.2) is 42.0 Å².